The first-order chi connectivity index (χ1) is 4.52. The monoisotopic (exact) mass is 189 g/mol. The molecule has 1 aliphatic rings. The van der Waals surface area contributed by atoms with Crippen LogP contribution in [0.4, 0.5) is 13.2 Å². The first-order valence-corrected chi connectivity index (χ1v) is 3.34. The number of nitrogens with two attached hydrogens (primary N) is 1. The molecule has 0 unspecified atom stereocenters. The van der Waals surface area contributed by atoms with Gasteiger partial charge in [0.2, 0.25) is 0 Å². The second kappa shape index (κ2) is 3.63. The van der Waals surface area contributed by atoms with Gasteiger partial charge in [0, 0.05) is 6.04 Å². The smallest absolute Gasteiger partial charge is 0.327 e. The molecule has 0 amide bonds. The van der Waals surface area contributed by atoms with Crippen molar-refractivity contribution < 1.29 is 13.2 Å². The summed E-state index contributed by atoms with van der Waals surface area (Å²) in [4.78, 5) is 0. The molecule has 1 nitrogen and oxygen atoms in total. The molecule has 1 aliphatic carbocycles. The van der Waals surface area contributed by atoms with Crippen LogP contribution in [0.1, 0.15) is 19.3 Å². The molecule has 1 saturated carbocycles. The largest absolute Gasteiger partial charge is 0.393 e. The highest BCUT2D eigenvalue weighted by atomic mass is 35.5. The minimum atomic E-state index is -4.07. The van der Waals surface area contributed by atoms with Crippen molar-refractivity contribution in [1.82, 2.24) is 0 Å². The molecular formula is C6H11ClF3N. The molecule has 0 heterocycles. The lowest BCUT2D eigenvalue weighted by Gasteiger charge is -2.18. The fourth-order valence-electron chi connectivity index (χ4n) is 1.40. The number of halogens is 4. The van der Waals surface area contributed by atoms with Crippen LogP contribution < -0.4 is 5.73 Å². The number of hydrogen-bond donors (Lipinski definition) is 1. The van der Waals surface area contributed by atoms with E-state index in [9.17, 15) is 13.2 Å². The maximum atomic E-state index is 11.9. The minimum Gasteiger partial charge on any atom is -0.327 e. The molecule has 0 aromatic carbocycles. The Morgan fingerprint density at radius 3 is 1.91 bits per heavy atom. The number of hydrogen-bond acceptors (Lipinski definition) is 1. The summed E-state index contributed by atoms with van der Waals surface area (Å²) in [6.07, 6.45) is -2.73. The molecular weight excluding hydrogens is 179 g/mol. The highest BCUT2D eigenvalue weighted by Gasteiger charge is 2.45. The Labute approximate surface area is 69.5 Å². The summed E-state index contributed by atoms with van der Waals surface area (Å²) in [6, 6.07) is -0.653. The molecule has 0 bridgehead atoms. The summed E-state index contributed by atoms with van der Waals surface area (Å²) in [5.74, 6) is -1.24. The SMILES string of the molecule is Cl.N[C@H]1CCC[C@H]1C(F)(F)F. The fraction of sp³-hybridized carbons (Fsp3) is 1.00. The van der Waals surface area contributed by atoms with Gasteiger partial charge in [-0.2, -0.15) is 13.2 Å². The Kier molecular flexibility index (Phi) is 3.64. The molecule has 0 spiro atoms. The van der Waals surface area contributed by atoms with Crippen LogP contribution >= 0.6 is 12.4 Å². The lowest BCUT2D eigenvalue weighted by atomic mass is 10.0. The van der Waals surface area contributed by atoms with Crippen LogP contribution in [0.5, 0.6) is 0 Å². The third kappa shape index (κ3) is 2.52. The van der Waals surface area contributed by atoms with E-state index >= 15 is 0 Å². The Hall–Kier alpha value is 0.0400. The molecule has 1 fully saturated rings. The van der Waals surface area contributed by atoms with Gasteiger partial charge in [0.15, 0.2) is 0 Å². The predicted molar refractivity (Wildman–Crippen MR) is 38.6 cm³/mol. The van der Waals surface area contributed by atoms with Crippen molar-refractivity contribution in [3.8, 4) is 0 Å². The van der Waals surface area contributed by atoms with Crippen molar-refractivity contribution >= 4 is 12.4 Å². The molecule has 0 aliphatic heterocycles. The Balaban J connectivity index is 0.000001000. The van der Waals surface area contributed by atoms with E-state index in [1.165, 1.54) is 0 Å². The molecule has 5 heteroatoms. The van der Waals surface area contributed by atoms with Gasteiger partial charge in [-0.25, -0.2) is 0 Å². The Morgan fingerprint density at radius 1 is 1.18 bits per heavy atom. The van der Waals surface area contributed by atoms with E-state index in [1.54, 1.807) is 0 Å². The van der Waals surface area contributed by atoms with E-state index in [4.69, 9.17) is 5.73 Å². The molecule has 0 aromatic rings. The van der Waals surface area contributed by atoms with E-state index in [0.717, 1.165) is 0 Å². The molecule has 11 heavy (non-hydrogen) atoms. The van der Waals surface area contributed by atoms with Gasteiger partial charge in [-0.1, -0.05) is 6.42 Å². The zero-order valence-corrected chi connectivity index (χ0v) is 6.71. The van der Waals surface area contributed by atoms with Crippen LogP contribution in [0.2, 0.25) is 0 Å². The lowest BCUT2D eigenvalue weighted by molar-refractivity contribution is -0.175. The van der Waals surface area contributed by atoms with Crippen molar-refractivity contribution in [3.05, 3.63) is 0 Å². The third-order valence-electron chi connectivity index (χ3n) is 1.99. The van der Waals surface area contributed by atoms with Crippen molar-refractivity contribution in [1.29, 1.82) is 0 Å². The summed E-state index contributed by atoms with van der Waals surface area (Å²) in [5.41, 5.74) is 5.25. The van der Waals surface area contributed by atoms with E-state index in [2.05, 4.69) is 0 Å². The first-order valence-electron chi connectivity index (χ1n) is 3.34. The number of rotatable bonds is 0. The van der Waals surface area contributed by atoms with Crippen molar-refractivity contribution in [2.75, 3.05) is 0 Å². The van der Waals surface area contributed by atoms with E-state index in [1.807, 2.05) is 0 Å². The Morgan fingerprint density at radius 2 is 1.73 bits per heavy atom. The van der Waals surface area contributed by atoms with Gasteiger partial charge in [-0.05, 0) is 12.8 Å². The fourth-order valence-corrected chi connectivity index (χ4v) is 1.40. The molecule has 1 rings (SSSR count). The molecule has 0 radical (unpaired) electrons. The maximum absolute atomic E-state index is 11.9. The van der Waals surface area contributed by atoms with Gasteiger partial charge in [0.25, 0.3) is 0 Å². The summed E-state index contributed by atoms with van der Waals surface area (Å²) < 4.78 is 35.8. The highest BCUT2D eigenvalue weighted by molar-refractivity contribution is 5.85. The van der Waals surface area contributed by atoms with Gasteiger partial charge in [0.05, 0.1) is 5.92 Å². The van der Waals surface area contributed by atoms with E-state index in [-0.39, 0.29) is 18.8 Å². The van der Waals surface area contributed by atoms with Crippen molar-refractivity contribution in [2.45, 2.75) is 31.5 Å². The van der Waals surface area contributed by atoms with Gasteiger partial charge in [-0.15, -0.1) is 12.4 Å². The lowest BCUT2D eigenvalue weighted by Crippen LogP contribution is -2.35. The van der Waals surface area contributed by atoms with Gasteiger partial charge < -0.3 is 5.73 Å². The van der Waals surface area contributed by atoms with Gasteiger partial charge in [0.1, 0.15) is 0 Å². The molecule has 0 aromatic heterocycles. The summed E-state index contributed by atoms with van der Waals surface area (Å²) >= 11 is 0. The predicted octanol–water partition coefficient (Wildman–Crippen LogP) is 2.10. The van der Waals surface area contributed by atoms with E-state index in [0.29, 0.717) is 12.8 Å². The summed E-state index contributed by atoms with van der Waals surface area (Å²) in [5, 5.41) is 0. The second-order valence-corrected chi connectivity index (χ2v) is 2.74. The van der Waals surface area contributed by atoms with Crippen LogP contribution in [-0.2, 0) is 0 Å². The zero-order chi connectivity index (χ0) is 7.78. The third-order valence-corrected chi connectivity index (χ3v) is 1.99. The number of alkyl halides is 3. The Bertz CT molecular complexity index is 125. The quantitative estimate of drug-likeness (QED) is 0.621. The second-order valence-electron chi connectivity index (χ2n) is 2.74. The van der Waals surface area contributed by atoms with Crippen LogP contribution in [0.3, 0.4) is 0 Å². The molecule has 0 saturated heterocycles. The molecule has 2 atom stereocenters. The first kappa shape index (κ1) is 11.0. The minimum absolute atomic E-state index is 0. The van der Waals surface area contributed by atoms with E-state index < -0.39 is 18.1 Å². The average molecular weight is 190 g/mol. The average Bonchev–Trinajstić information content (AvgIpc) is 2.11. The van der Waals surface area contributed by atoms with Crippen LogP contribution in [0.15, 0.2) is 0 Å². The van der Waals surface area contributed by atoms with Crippen LogP contribution in [-0.4, -0.2) is 12.2 Å². The summed E-state index contributed by atoms with van der Waals surface area (Å²) in [6.45, 7) is 0. The van der Waals surface area contributed by atoms with Crippen LogP contribution in [0.25, 0.3) is 0 Å². The zero-order valence-electron chi connectivity index (χ0n) is 5.90. The standard InChI is InChI=1S/C6H10F3N.ClH/c7-6(8,9)4-2-1-3-5(4)10;/h4-5H,1-3,10H2;1H/t4-,5+;/m1./s1. The summed E-state index contributed by atoms with van der Waals surface area (Å²) in [7, 11) is 0. The van der Waals surface area contributed by atoms with Gasteiger partial charge >= 0.3 is 6.18 Å². The normalized spacial score (nSPS) is 31.6. The molecule has 2 N–H and O–H groups in total. The van der Waals surface area contributed by atoms with Crippen molar-refractivity contribution in [3.63, 3.8) is 0 Å². The molecule has 68 valence electrons. The van der Waals surface area contributed by atoms with Crippen LogP contribution in [0, 0.1) is 5.92 Å². The van der Waals surface area contributed by atoms with Gasteiger partial charge in [-0.3, -0.25) is 0 Å². The highest BCUT2D eigenvalue weighted by Crippen LogP contribution is 2.37. The maximum Gasteiger partial charge on any atom is 0.393 e. The van der Waals surface area contributed by atoms with Crippen molar-refractivity contribution in [2.24, 2.45) is 11.7 Å². The topological polar surface area (TPSA) is 26.0 Å².